The summed E-state index contributed by atoms with van der Waals surface area (Å²) in [6.45, 7) is 7.13. The predicted molar refractivity (Wildman–Crippen MR) is 88.2 cm³/mol. The van der Waals surface area contributed by atoms with Gasteiger partial charge in [-0.3, -0.25) is 4.79 Å². The van der Waals surface area contributed by atoms with Gasteiger partial charge in [0.2, 0.25) is 5.56 Å². The van der Waals surface area contributed by atoms with E-state index in [0.717, 1.165) is 0 Å². The van der Waals surface area contributed by atoms with E-state index in [4.69, 9.17) is 0 Å². The molecule has 24 heavy (non-hydrogen) atoms. The van der Waals surface area contributed by atoms with Gasteiger partial charge in [-0.15, -0.1) is 0 Å². The molecule has 0 unspecified atom stereocenters. The Morgan fingerprint density at radius 1 is 1.12 bits per heavy atom. The number of benzene rings is 1. The topological polar surface area (TPSA) is 65.1 Å². The van der Waals surface area contributed by atoms with Crippen molar-refractivity contribution in [2.45, 2.75) is 51.4 Å². The first-order valence-electron chi connectivity index (χ1n) is 7.52. The van der Waals surface area contributed by atoms with E-state index in [2.05, 4.69) is 10.3 Å². The number of aromatic amines is 1. The molecule has 0 radical (unpaired) electrons. The third-order valence-electron chi connectivity index (χ3n) is 3.51. The van der Waals surface area contributed by atoms with Gasteiger partial charge in [0.05, 0.1) is 16.7 Å². The van der Waals surface area contributed by atoms with Gasteiger partial charge in [-0.05, 0) is 46.2 Å². The Morgan fingerprint density at radius 3 is 2.29 bits per heavy atom. The molecule has 2 aromatic rings. The first kappa shape index (κ1) is 18.3. The zero-order valence-electron chi connectivity index (χ0n) is 14.0. The highest BCUT2D eigenvalue weighted by Crippen LogP contribution is 2.34. The average Bonchev–Trinajstić information content (AvgIpc) is 2.32. The van der Waals surface area contributed by atoms with E-state index < -0.39 is 28.4 Å². The zero-order valence-corrected chi connectivity index (χ0v) is 14.0. The fourth-order valence-electron chi connectivity index (χ4n) is 3.09. The molecular formula is C17H21F3N2O2. The SMILES string of the molecule is CC(C)(O)CC(C)(C)Nc1ccc2c(C(F)(F)F)cc(=O)[nH]c2c1. The summed E-state index contributed by atoms with van der Waals surface area (Å²) in [5.41, 5.74) is -2.48. The predicted octanol–water partition coefficient (Wildman–Crippen LogP) is 3.90. The van der Waals surface area contributed by atoms with Crippen molar-refractivity contribution in [3.63, 3.8) is 0 Å². The summed E-state index contributed by atoms with van der Waals surface area (Å²) in [6.07, 6.45) is -4.17. The number of aliphatic hydroxyl groups is 1. The molecule has 0 saturated heterocycles. The zero-order chi connectivity index (χ0) is 18.3. The second kappa shape index (κ2) is 5.81. The van der Waals surface area contributed by atoms with Gasteiger partial charge in [-0.2, -0.15) is 13.2 Å². The highest BCUT2D eigenvalue weighted by atomic mass is 19.4. The van der Waals surface area contributed by atoms with Crippen molar-refractivity contribution in [1.29, 1.82) is 0 Å². The Labute approximate surface area is 137 Å². The van der Waals surface area contributed by atoms with Crippen molar-refractivity contribution < 1.29 is 18.3 Å². The van der Waals surface area contributed by atoms with Gasteiger partial charge in [-0.25, -0.2) is 0 Å². The Kier molecular flexibility index (Phi) is 4.43. The first-order chi connectivity index (χ1) is 10.8. The third-order valence-corrected chi connectivity index (χ3v) is 3.51. The number of hydrogen-bond donors (Lipinski definition) is 3. The summed E-state index contributed by atoms with van der Waals surface area (Å²) in [7, 11) is 0. The highest BCUT2D eigenvalue weighted by molar-refractivity contribution is 5.85. The molecule has 2 rings (SSSR count). The number of halogens is 3. The molecule has 3 N–H and O–H groups in total. The molecule has 0 bridgehead atoms. The molecule has 0 spiro atoms. The van der Waals surface area contributed by atoms with Crippen LogP contribution >= 0.6 is 0 Å². The second-order valence-corrected chi connectivity index (χ2v) is 7.30. The van der Waals surface area contributed by atoms with Crippen LogP contribution in [0.5, 0.6) is 0 Å². The molecule has 1 aromatic heterocycles. The number of pyridine rings is 1. The normalized spacial score (nSPS) is 13.3. The van der Waals surface area contributed by atoms with Crippen molar-refractivity contribution in [2.24, 2.45) is 0 Å². The van der Waals surface area contributed by atoms with E-state index >= 15 is 0 Å². The van der Waals surface area contributed by atoms with Gasteiger partial charge >= 0.3 is 6.18 Å². The minimum Gasteiger partial charge on any atom is -0.390 e. The third kappa shape index (κ3) is 4.50. The van der Waals surface area contributed by atoms with Crippen LogP contribution in [0.15, 0.2) is 29.1 Å². The minimum absolute atomic E-state index is 0.0621. The molecule has 132 valence electrons. The molecule has 7 heteroatoms. The first-order valence-corrected chi connectivity index (χ1v) is 7.52. The van der Waals surface area contributed by atoms with Crippen LogP contribution in [0.25, 0.3) is 10.9 Å². The monoisotopic (exact) mass is 342 g/mol. The molecule has 0 fully saturated rings. The minimum atomic E-state index is -4.60. The molecule has 1 aromatic carbocycles. The van der Waals surface area contributed by atoms with Crippen LogP contribution in [0.2, 0.25) is 0 Å². The fourth-order valence-corrected chi connectivity index (χ4v) is 3.09. The molecule has 1 heterocycles. The Bertz CT molecular complexity index is 802. The van der Waals surface area contributed by atoms with Crippen LogP contribution in [0.3, 0.4) is 0 Å². The number of rotatable bonds is 4. The maximum Gasteiger partial charge on any atom is 0.417 e. The summed E-state index contributed by atoms with van der Waals surface area (Å²) >= 11 is 0. The standard InChI is InChI=1S/C17H21F3N2O2/c1-15(2,9-16(3,4)24)22-10-5-6-11-12(17(18,19)20)8-14(23)21-13(11)7-10/h5-8,22,24H,9H2,1-4H3,(H,21,23). The van der Waals surface area contributed by atoms with Crippen LogP contribution in [-0.2, 0) is 6.18 Å². The lowest BCUT2D eigenvalue weighted by Gasteiger charge is -2.33. The lowest BCUT2D eigenvalue weighted by atomic mass is 9.89. The summed E-state index contributed by atoms with van der Waals surface area (Å²) in [5.74, 6) is 0. The van der Waals surface area contributed by atoms with Gasteiger partial charge < -0.3 is 15.4 Å². The molecule has 4 nitrogen and oxygen atoms in total. The van der Waals surface area contributed by atoms with E-state index in [0.29, 0.717) is 18.2 Å². The average molecular weight is 342 g/mol. The van der Waals surface area contributed by atoms with Crippen molar-refractivity contribution in [2.75, 3.05) is 5.32 Å². The molecule has 0 aliphatic heterocycles. The van der Waals surface area contributed by atoms with E-state index in [9.17, 15) is 23.1 Å². The van der Waals surface area contributed by atoms with Gasteiger partial charge in [-0.1, -0.05) is 6.07 Å². The summed E-state index contributed by atoms with van der Waals surface area (Å²) in [6, 6.07) is 4.89. The maximum absolute atomic E-state index is 13.1. The van der Waals surface area contributed by atoms with Crippen molar-refractivity contribution in [1.82, 2.24) is 4.98 Å². The summed E-state index contributed by atoms with van der Waals surface area (Å²) < 4.78 is 39.2. The van der Waals surface area contributed by atoms with Gasteiger partial charge in [0.15, 0.2) is 0 Å². The number of alkyl halides is 3. The smallest absolute Gasteiger partial charge is 0.390 e. The van der Waals surface area contributed by atoms with Crippen LogP contribution in [-0.4, -0.2) is 21.2 Å². The molecule has 0 atom stereocenters. The second-order valence-electron chi connectivity index (χ2n) is 7.30. The number of aromatic nitrogens is 1. The lowest BCUT2D eigenvalue weighted by Crippen LogP contribution is -2.39. The molecule has 0 amide bonds. The van der Waals surface area contributed by atoms with Crippen molar-refractivity contribution in [3.8, 4) is 0 Å². The number of hydrogen-bond acceptors (Lipinski definition) is 3. The quantitative estimate of drug-likeness (QED) is 0.789. The Hall–Kier alpha value is -2.02. The van der Waals surface area contributed by atoms with Gasteiger partial charge in [0.1, 0.15) is 0 Å². The van der Waals surface area contributed by atoms with Crippen LogP contribution < -0.4 is 10.9 Å². The molecule has 0 saturated carbocycles. The van der Waals surface area contributed by atoms with Crippen LogP contribution in [0.1, 0.15) is 39.7 Å². The van der Waals surface area contributed by atoms with E-state index in [1.165, 1.54) is 18.2 Å². The summed E-state index contributed by atoms with van der Waals surface area (Å²) in [4.78, 5) is 14.0. The van der Waals surface area contributed by atoms with Gasteiger partial charge in [0.25, 0.3) is 0 Å². The van der Waals surface area contributed by atoms with E-state index in [1.54, 1.807) is 13.8 Å². The van der Waals surface area contributed by atoms with E-state index in [1.807, 2.05) is 13.8 Å². The Morgan fingerprint density at radius 2 is 1.75 bits per heavy atom. The van der Waals surface area contributed by atoms with Crippen LogP contribution in [0, 0.1) is 0 Å². The highest BCUT2D eigenvalue weighted by Gasteiger charge is 2.33. The summed E-state index contributed by atoms with van der Waals surface area (Å²) in [5, 5.41) is 13.1. The lowest BCUT2D eigenvalue weighted by molar-refractivity contribution is -0.136. The van der Waals surface area contributed by atoms with Crippen molar-refractivity contribution >= 4 is 16.6 Å². The fraction of sp³-hybridized carbons (Fsp3) is 0.471. The molecular weight excluding hydrogens is 321 g/mol. The number of nitrogens with one attached hydrogen (secondary N) is 2. The molecule has 0 aliphatic rings. The number of H-pyrrole nitrogens is 1. The Balaban J connectivity index is 2.44. The maximum atomic E-state index is 13.1. The number of anilines is 1. The molecule has 0 aliphatic carbocycles. The largest absolute Gasteiger partial charge is 0.417 e. The number of fused-ring (bicyclic) bond motifs is 1. The van der Waals surface area contributed by atoms with Crippen molar-refractivity contribution in [3.05, 3.63) is 40.2 Å². The van der Waals surface area contributed by atoms with E-state index in [-0.39, 0.29) is 10.9 Å². The van der Waals surface area contributed by atoms with Gasteiger partial charge in [0, 0.05) is 22.7 Å². The van der Waals surface area contributed by atoms with Crippen LogP contribution in [0.4, 0.5) is 18.9 Å².